The van der Waals surface area contributed by atoms with Crippen LogP contribution in [0, 0.1) is 11.8 Å². The lowest BCUT2D eigenvalue weighted by Crippen LogP contribution is -2.38. The fraction of sp³-hybridized carbons (Fsp3) is 1.00. The van der Waals surface area contributed by atoms with E-state index in [1.54, 1.807) is 7.11 Å². The molecule has 1 saturated heterocycles. The van der Waals surface area contributed by atoms with Gasteiger partial charge in [0.05, 0.1) is 0 Å². The van der Waals surface area contributed by atoms with Gasteiger partial charge in [0, 0.05) is 26.3 Å². The molecule has 18 heavy (non-hydrogen) atoms. The van der Waals surface area contributed by atoms with Gasteiger partial charge in [-0.05, 0) is 57.0 Å². The molecule has 0 spiro atoms. The average Bonchev–Trinajstić information content (AvgIpc) is 2.55. The first-order valence-corrected chi connectivity index (χ1v) is 7.60. The van der Waals surface area contributed by atoms with Gasteiger partial charge >= 0.3 is 0 Å². The topological polar surface area (TPSA) is 38.5 Å². The predicted molar refractivity (Wildman–Crippen MR) is 77.7 cm³/mol. The summed E-state index contributed by atoms with van der Waals surface area (Å²) in [5.74, 6) is 1.75. The van der Waals surface area contributed by atoms with Crippen molar-refractivity contribution in [2.24, 2.45) is 17.6 Å². The summed E-state index contributed by atoms with van der Waals surface area (Å²) in [6, 6.07) is 0.316. The summed E-state index contributed by atoms with van der Waals surface area (Å²) >= 11 is 0. The van der Waals surface area contributed by atoms with E-state index < -0.39 is 0 Å². The molecule has 0 aromatic carbocycles. The van der Waals surface area contributed by atoms with E-state index in [0.29, 0.717) is 6.04 Å². The highest BCUT2D eigenvalue weighted by Gasteiger charge is 2.20. The Labute approximate surface area is 113 Å². The van der Waals surface area contributed by atoms with Gasteiger partial charge in [-0.2, -0.15) is 0 Å². The van der Waals surface area contributed by atoms with Crippen LogP contribution in [-0.4, -0.2) is 44.3 Å². The monoisotopic (exact) mass is 256 g/mol. The molecule has 2 N–H and O–H groups in total. The van der Waals surface area contributed by atoms with Crippen molar-refractivity contribution in [1.29, 1.82) is 0 Å². The largest absolute Gasteiger partial charge is 0.385 e. The molecule has 3 nitrogen and oxygen atoms in total. The fourth-order valence-corrected chi connectivity index (χ4v) is 2.94. The SMILES string of the molecule is COCCCC(N)CN1CCCC(C(C)C)CC1. The molecule has 1 aliphatic rings. The third-order valence-electron chi connectivity index (χ3n) is 4.22. The molecule has 2 atom stereocenters. The number of ether oxygens (including phenoxy) is 1. The molecule has 1 fully saturated rings. The van der Waals surface area contributed by atoms with Crippen LogP contribution >= 0.6 is 0 Å². The number of likely N-dealkylation sites (tertiary alicyclic amines) is 1. The molecule has 2 unspecified atom stereocenters. The summed E-state index contributed by atoms with van der Waals surface area (Å²) in [7, 11) is 1.76. The van der Waals surface area contributed by atoms with E-state index in [1.165, 1.54) is 32.4 Å². The Bertz CT molecular complexity index is 209. The van der Waals surface area contributed by atoms with Gasteiger partial charge in [-0.1, -0.05) is 13.8 Å². The zero-order valence-electron chi connectivity index (χ0n) is 12.5. The quantitative estimate of drug-likeness (QED) is 0.711. The average molecular weight is 256 g/mol. The third-order valence-corrected chi connectivity index (χ3v) is 4.22. The summed E-state index contributed by atoms with van der Waals surface area (Å²) in [5, 5.41) is 0. The summed E-state index contributed by atoms with van der Waals surface area (Å²) < 4.78 is 5.07. The van der Waals surface area contributed by atoms with Crippen molar-refractivity contribution in [2.75, 3.05) is 33.4 Å². The lowest BCUT2D eigenvalue weighted by atomic mass is 9.89. The van der Waals surface area contributed by atoms with Gasteiger partial charge in [-0.25, -0.2) is 0 Å². The Morgan fingerprint density at radius 1 is 1.28 bits per heavy atom. The molecule has 0 aromatic heterocycles. The van der Waals surface area contributed by atoms with E-state index in [1.807, 2.05) is 0 Å². The predicted octanol–water partition coefficient (Wildman–Crippen LogP) is 2.50. The van der Waals surface area contributed by atoms with Crippen molar-refractivity contribution >= 4 is 0 Å². The summed E-state index contributed by atoms with van der Waals surface area (Å²) in [6.07, 6.45) is 6.25. The first kappa shape index (κ1) is 15.9. The van der Waals surface area contributed by atoms with Gasteiger partial charge in [0.25, 0.3) is 0 Å². The van der Waals surface area contributed by atoms with Gasteiger partial charge in [-0.15, -0.1) is 0 Å². The molecule has 3 heteroatoms. The Hall–Kier alpha value is -0.120. The van der Waals surface area contributed by atoms with Crippen LogP contribution in [0.4, 0.5) is 0 Å². The van der Waals surface area contributed by atoms with Crippen molar-refractivity contribution < 1.29 is 4.74 Å². The maximum atomic E-state index is 6.19. The maximum Gasteiger partial charge on any atom is 0.0462 e. The molecule has 108 valence electrons. The summed E-state index contributed by atoms with van der Waals surface area (Å²) in [4.78, 5) is 2.57. The number of hydrogen-bond acceptors (Lipinski definition) is 3. The van der Waals surface area contributed by atoms with E-state index in [9.17, 15) is 0 Å². The second-order valence-electron chi connectivity index (χ2n) is 6.13. The molecule has 0 aromatic rings. The Morgan fingerprint density at radius 2 is 2.06 bits per heavy atom. The summed E-state index contributed by atoms with van der Waals surface area (Å²) in [6.45, 7) is 9.09. The minimum atomic E-state index is 0.316. The molecule has 1 rings (SSSR count). The number of nitrogens with two attached hydrogens (primary N) is 1. The molecule has 1 heterocycles. The van der Waals surface area contributed by atoms with E-state index in [2.05, 4.69) is 18.7 Å². The van der Waals surface area contributed by atoms with Crippen LogP contribution in [0.5, 0.6) is 0 Å². The van der Waals surface area contributed by atoms with Crippen molar-refractivity contribution in [3.8, 4) is 0 Å². The molecule has 0 bridgehead atoms. The lowest BCUT2D eigenvalue weighted by molar-refractivity contribution is 0.185. The highest BCUT2D eigenvalue weighted by molar-refractivity contribution is 4.75. The first-order chi connectivity index (χ1) is 8.63. The van der Waals surface area contributed by atoms with Crippen molar-refractivity contribution in [3.05, 3.63) is 0 Å². The zero-order chi connectivity index (χ0) is 13.4. The van der Waals surface area contributed by atoms with E-state index in [-0.39, 0.29) is 0 Å². The number of nitrogens with zero attached hydrogens (tertiary/aromatic N) is 1. The molecule has 1 aliphatic heterocycles. The normalized spacial score (nSPS) is 24.2. The smallest absolute Gasteiger partial charge is 0.0462 e. The first-order valence-electron chi connectivity index (χ1n) is 7.60. The second-order valence-corrected chi connectivity index (χ2v) is 6.13. The Morgan fingerprint density at radius 3 is 2.72 bits per heavy atom. The van der Waals surface area contributed by atoms with Gasteiger partial charge in [0.2, 0.25) is 0 Å². The van der Waals surface area contributed by atoms with Crippen LogP contribution < -0.4 is 5.73 Å². The van der Waals surface area contributed by atoms with Crippen LogP contribution in [0.25, 0.3) is 0 Å². The molecule has 0 radical (unpaired) electrons. The van der Waals surface area contributed by atoms with Crippen molar-refractivity contribution in [1.82, 2.24) is 4.90 Å². The highest BCUT2D eigenvalue weighted by Crippen LogP contribution is 2.24. The lowest BCUT2D eigenvalue weighted by Gasteiger charge is -2.24. The standard InChI is InChI=1S/C15H32N2O/c1-13(2)14-6-4-9-17(10-8-14)12-15(16)7-5-11-18-3/h13-15H,4-12,16H2,1-3H3. The highest BCUT2D eigenvalue weighted by atomic mass is 16.5. The Kier molecular flexibility index (Phi) is 7.87. The number of hydrogen-bond donors (Lipinski definition) is 1. The molecule has 0 aliphatic carbocycles. The van der Waals surface area contributed by atoms with Crippen molar-refractivity contribution in [3.63, 3.8) is 0 Å². The molecule has 0 amide bonds. The van der Waals surface area contributed by atoms with Crippen LogP contribution in [0.15, 0.2) is 0 Å². The Balaban J connectivity index is 2.22. The minimum Gasteiger partial charge on any atom is -0.385 e. The molecule has 0 saturated carbocycles. The van der Waals surface area contributed by atoms with Crippen LogP contribution in [-0.2, 0) is 4.74 Å². The van der Waals surface area contributed by atoms with E-state index >= 15 is 0 Å². The van der Waals surface area contributed by atoms with Gasteiger partial charge in [-0.3, -0.25) is 0 Å². The number of rotatable bonds is 7. The number of methoxy groups -OCH3 is 1. The van der Waals surface area contributed by atoms with Crippen LogP contribution in [0.3, 0.4) is 0 Å². The van der Waals surface area contributed by atoms with Gasteiger partial charge in [0.1, 0.15) is 0 Å². The van der Waals surface area contributed by atoms with Gasteiger partial charge in [0.15, 0.2) is 0 Å². The summed E-state index contributed by atoms with van der Waals surface area (Å²) in [5.41, 5.74) is 6.19. The van der Waals surface area contributed by atoms with Crippen molar-refractivity contribution in [2.45, 2.75) is 52.0 Å². The molecular weight excluding hydrogens is 224 g/mol. The zero-order valence-corrected chi connectivity index (χ0v) is 12.5. The molecular formula is C15H32N2O. The minimum absolute atomic E-state index is 0.316. The maximum absolute atomic E-state index is 6.19. The van der Waals surface area contributed by atoms with Crippen LogP contribution in [0.2, 0.25) is 0 Å². The fourth-order valence-electron chi connectivity index (χ4n) is 2.94. The van der Waals surface area contributed by atoms with Crippen LogP contribution in [0.1, 0.15) is 46.0 Å². The third kappa shape index (κ3) is 6.17. The van der Waals surface area contributed by atoms with E-state index in [4.69, 9.17) is 10.5 Å². The van der Waals surface area contributed by atoms with E-state index in [0.717, 1.165) is 37.8 Å². The second kappa shape index (κ2) is 8.89. The van der Waals surface area contributed by atoms with Gasteiger partial charge < -0.3 is 15.4 Å².